The molecule has 0 saturated carbocycles. The number of nitrogens with zero attached hydrogens (tertiary/aromatic N) is 2. The molecule has 2 aliphatic heterocycles. The van der Waals surface area contributed by atoms with Gasteiger partial charge in [0, 0.05) is 26.3 Å². The van der Waals surface area contributed by atoms with Gasteiger partial charge in [0.2, 0.25) is 5.91 Å². The predicted octanol–water partition coefficient (Wildman–Crippen LogP) is 1.88. The smallest absolute Gasteiger partial charge is 0.231 e. The number of amides is 1. The van der Waals surface area contributed by atoms with E-state index in [1.54, 1.807) is 12.1 Å². The average molecular weight is 372 g/mol. The summed E-state index contributed by atoms with van der Waals surface area (Å²) in [6, 6.07) is 8.31. The van der Waals surface area contributed by atoms with Crippen LogP contribution in [0.5, 0.6) is 0 Å². The van der Waals surface area contributed by atoms with Gasteiger partial charge >= 0.3 is 0 Å². The van der Waals surface area contributed by atoms with Crippen molar-refractivity contribution >= 4 is 5.91 Å². The number of halogens is 1. The zero-order chi connectivity index (χ0) is 18.7. The number of rotatable bonds is 4. The maximum absolute atomic E-state index is 13.3. The van der Waals surface area contributed by atoms with E-state index in [4.69, 9.17) is 4.74 Å². The van der Waals surface area contributed by atoms with Gasteiger partial charge in [-0.25, -0.2) is 4.39 Å². The molecule has 6 nitrogen and oxygen atoms in total. The Kier molecular flexibility index (Phi) is 5.22. The molecule has 1 saturated heterocycles. The summed E-state index contributed by atoms with van der Waals surface area (Å²) in [5.74, 6) is -0.340. The average Bonchev–Trinajstić information content (AvgIpc) is 2.96. The van der Waals surface area contributed by atoms with E-state index in [0.717, 1.165) is 43.0 Å². The molecule has 0 bridgehead atoms. The number of carbonyl (C=O) groups is 1. The summed E-state index contributed by atoms with van der Waals surface area (Å²) in [6.07, 6.45) is 2.23. The van der Waals surface area contributed by atoms with Crippen LogP contribution in [-0.2, 0) is 34.6 Å². The van der Waals surface area contributed by atoms with Crippen LogP contribution in [-0.4, -0.2) is 35.4 Å². The minimum Gasteiger partial charge on any atom is -0.381 e. The van der Waals surface area contributed by atoms with E-state index in [1.165, 1.54) is 12.1 Å². The van der Waals surface area contributed by atoms with Gasteiger partial charge in [0.05, 0.1) is 23.3 Å². The van der Waals surface area contributed by atoms with Crippen molar-refractivity contribution in [1.29, 1.82) is 0 Å². The third kappa shape index (κ3) is 3.75. The molecule has 0 aliphatic carbocycles. The quantitative estimate of drug-likeness (QED) is 0.860. The van der Waals surface area contributed by atoms with Crippen LogP contribution in [0.3, 0.4) is 0 Å². The van der Waals surface area contributed by atoms with Gasteiger partial charge in [-0.2, -0.15) is 5.10 Å². The fourth-order valence-corrected chi connectivity index (χ4v) is 3.98. The van der Waals surface area contributed by atoms with Crippen molar-refractivity contribution in [2.24, 2.45) is 0 Å². The molecule has 1 aromatic carbocycles. The lowest BCUT2D eigenvalue weighted by Crippen LogP contribution is -2.47. The number of nitrogens with one attached hydrogen (secondary N) is 2. The Bertz CT molecular complexity index is 773. The minimum absolute atomic E-state index is 0.0428. The molecule has 2 N–H and O–H groups in total. The summed E-state index contributed by atoms with van der Waals surface area (Å²) >= 11 is 0. The van der Waals surface area contributed by atoms with Crippen molar-refractivity contribution in [3.8, 4) is 0 Å². The SMILES string of the molecule is O=C(NCc1cc2n(n1)CCCNC2)C1(c2ccc(F)cc2)CCOCC1. The molecule has 0 unspecified atom stereocenters. The second kappa shape index (κ2) is 7.78. The molecule has 1 amide bonds. The van der Waals surface area contributed by atoms with Crippen LogP contribution in [0.2, 0.25) is 0 Å². The van der Waals surface area contributed by atoms with Crippen molar-refractivity contribution in [3.63, 3.8) is 0 Å². The fourth-order valence-electron chi connectivity index (χ4n) is 3.98. The molecule has 0 atom stereocenters. The van der Waals surface area contributed by atoms with Crippen molar-refractivity contribution in [2.45, 2.75) is 44.3 Å². The van der Waals surface area contributed by atoms with Gasteiger partial charge in [-0.3, -0.25) is 9.48 Å². The first-order chi connectivity index (χ1) is 13.2. The largest absolute Gasteiger partial charge is 0.381 e. The van der Waals surface area contributed by atoms with Crippen molar-refractivity contribution in [3.05, 3.63) is 53.1 Å². The highest BCUT2D eigenvalue weighted by atomic mass is 19.1. The number of carbonyl (C=O) groups excluding carboxylic acids is 1. The van der Waals surface area contributed by atoms with E-state index < -0.39 is 5.41 Å². The first-order valence-electron chi connectivity index (χ1n) is 9.56. The number of hydrogen-bond donors (Lipinski definition) is 2. The van der Waals surface area contributed by atoms with Gasteiger partial charge in [-0.1, -0.05) is 12.1 Å². The standard InChI is InChI=1S/C20H25FN4O2/c21-16-4-2-15(3-5-16)20(6-10-27-11-7-20)19(26)23-13-17-12-18-14-22-8-1-9-25(18)24-17/h2-5,12,22H,1,6-11,13-14H2,(H,23,26). The summed E-state index contributed by atoms with van der Waals surface area (Å²) in [5, 5.41) is 11.1. The first kappa shape index (κ1) is 18.1. The summed E-state index contributed by atoms with van der Waals surface area (Å²) in [5.41, 5.74) is 2.18. The Morgan fingerprint density at radius 2 is 2.07 bits per heavy atom. The van der Waals surface area contributed by atoms with Crippen LogP contribution in [0.25, 0.3) is 0 Å². The molecular weight excluding hydrogens is 347 g/mol. The Morgan fingerprint density at radius 1 is 1.30 bits per heavy atom. The molecule has 144 valence electrons. The molecule has 0 radical (unpaired) electrons. The highest BCUT2D eigenvalue weighted by Gasteiger charge is 2.41. The fraction of sp³-hybridized carbons (Fsp3) is 0.500. The van der Waals surface area contributed by atoms with Crippen LogP contribution in [0, 0.1) is 5.82 Å². The van der Waals surface area contributed by atoms with E-state index in [2.05, 4.69) is 15.7 Å². The molecule has 7 heteroatoms. The Balaban J connectivity index is 1.50. The maximum Gasteiger partial charge on any atom is 0.231 e. The highest BCUT2D eigenvalue weighted by molar-refractivity contribution is 5.88. The molecule has 0 spiro atoms. The molecular formula is C20H25FN4O2. The van der Waals surface area contributed by atoms with Gasteiger partial charge in [0.15, 0.2) is 0 Å². The van der Waals surface area contributed by atoms with Gasteiger partial charge < -0.3 is 15.4 Å². The zero-order valence-electron chi connectivity index (χ0n) is 15.3. The van der Waals surface area contributed by atoms with E-state index in [1.807, 2.05) is 10.7 Å². The van der Waals surface area contributed by atoms with Crippen LogP contribution in [0.1, 0.15) is 36.2 Å². The van der Waals surface area contributed by atoms with E-state index in [9.17, 15) is 9.18 Å². The van der Waals surface area contributed by atoms with Crippen LogP contribution in [0.15, 0.2) is 30.3 Å². The van der Waals surface area contributed by atoms with Crippen LogP contribution in [0.4, 0.5) is 4.39 Å². The van der Waals surface area contributed by atoms with Gasteiger partial charge in [-0.05, 0) is 49.6 Å². The molecule has 4 rings (SSSR count). The molecule has 3 heterocycles. The summed E-state index contributed by atoms with van der Waals surface area (Å²) in [7, 11) is 0. The van der Waals surface area contributed by atoms with E-state index >= 15 is 0 Å². The lowest BCUT2D eigenvalue weighted by Gasteiger charge is -2.36. The molecule has 1 aromatic heterocycles. The third-order valence-corrected chi connectivity index (χ3v) is 5.55. The summed E-state index contributed by atoms with van der Waals surface area (Å²) in [4.78, 5) is 13.2. The number of ether oxygens (including phenoxy) is 1. The van der Waals surface area contributed by atoms with Crippen molar-refractivity contribution in [2.75, 3.05) is 19.8 Å². The number of fused-ring (bicyclic) bond motifs is 1. The predicted molar refractivity (Wildman–Crippen MR) is 98.5 cm³/mol. The van der Waals surface area contributed by atoms with Crippen LogP contribution < -0.4 is 10.6 Å². The van der Waals surface area contributed by atoms with Crippen LogP contribution >= 0.6 is 0 Å². The van der Waals surface area contributed by atoms with Crippen molar-refractivity contribution in [1.82, 2.24) is 20.4 Å². The van der Waals surface area contributed by atoms with E-state index in [0.29, 0.717) is 32.6 Å². The summed E-state index contributed by atoms with van der Waals surface area (Å²) in [6.45, 7) is 4.13. The Morgan fingerprint density at radius 3 is 2.85 bits per heavy atom. The lowest BCUT2D eigenvalue weighted by atomic mass is 9.73. The normalized spacial score (nSPS) is 19.1. The Hall–Kier alpha value is -2.25. The second-order valence-electron chi connectivity index (χ2n) is 7.26. The number of aromatic nitrogens is 2. The molecule has 1 fully saturated rings. The minimum atomic E-state index is -0.676. The lowest BCUT2D eigenvalue weighted by molar-refractivity contribution is -0.130. The van der Waals surface area contributed by atoms with Gasteiger partial charge in [0.1, 0.15) is 5.82 Å². The van der Waals surface area contributed by atoms with Gasteiger partial charge in [-0.15, -0.1) is 0 Å². The topological polar surface area (TPSA) is 68.2 Å². The zero-order valence-corrected chi connectivity index (χ0v) is 15.3. The van der Waals surface area contributed by atoms with E-state index in [-0.39, 0.29) is 11.7 Å². The molecule has 2 aliphatic rings. The molecule has 2 aromatic rings. The van der Waals surface area contributed by atoms with Gasteiger partial charge in [0.25, 0.3) is 0 Å². The number of benzene rings is 1. The molecule has 27 heavy (non-hydrogen) atoms. The number of aryl methyl sites for hydroxylation is 1. The number of hydrogen-bond acceptors (Lipinski definition) is 4. The second-order valence-corrected chi connectivity index (χ2v) is 7.26. The highest BCUT2D eigenvalue weighted by Crippen LogP contribution is 2.35. The monoisotopic (exact) mass is 372 g/mol. The Labute approximate surface area is 158 Å². The van der Waals surface area contributed by atoms with Crippen molar-refractivity contribution < 1.29 is 13.9 Å². The maximum atomic E-state index is 13.3. The third-order valence-electron chi connectivity index (χ3n) is 5.55. The first-order valence-corrected chi connectivity index (χ1v) is 9.56. The summed E-state index contributed by atoms with van der Waals surface area (Å²) < 4.78 is 20.8.